The zero-order valence-corrected chi connectivity index (χ0v) is 12.9. The van der Waals surface area contributed by atoms with Crippen LogP contribution in [0.3, 0.4) is 0 Å². The molecule has 0 spiro atoms. The zero-order valence-electron chi connectivity index (χ0n) is 12.1. The van der Waals surface area contributed by atoms with Gasteiger partial charge < -0.3 is 4.98 Å². The lowest BCUT2D eigenvalue weighted by Crippen LogP contribution is -2.40. The molecule has 2 N–H and O–H groups in total. The van der Waals surface area contributed by atoms with Gasteiger partial charge in [0.2, 0.25) is 0 Å². The molecule has 1 aromatic heterocycles. The second-order valence-corrected chi connectivity index (χ2v) is 7.10. The summed E-state index contributed by atoms with van der Waals surface area (Å²) in [4.78, 5) is 27.1. The van der Waals surface area contributed by atoms with Crippen molar-refractivity contribution in [1.82, 2.24) is 9.97 Å². The highest BCUT2D eigenvalue weighted by Gasteiger charge is 2.38. The van der Waals surface area contributed by atoms with Crippen molar-refractivity contribution < 1.29 is 8.42 Å². The Morgan fingerprint density at radius 1 is 1.18 bits per heavy atom. The Kier molecular flexibility index (Phi) is 3.21. The topological polar surface area (TPSA) is 103 Å². The Morgan fingerprint density at radius 3 is 2.55 bits per heavy atom. The summed E-state index contributed by atoms with van der Waals surface area (Å²) in [7, 11) is -4.06. The molecule has 1 aromatic carbocycles. The SMILES string of the molecule is Cc1[nH]c(=O)[nH]c(=O)c1S(=O)(=O)N1c2ccccc2C[C@@H]1C. The van der Waals surface area contributed by atoms with Crippen LogP contribution < -0.4 is 15.6 Å². The molecule has 2 aromatic rings. The number of rotatable bonds is 2. The Bertz CT molecular complexity index is 959. The summed E-state index contributed by atoms with van der Waals surface area (Å²) in [6, 6.07) is 6.88. The molecule has 0 unspecified atom stereocenters. The van der Waals surface area contributed by atoms with Crippen LogP contribution in [0, 0.1) is 6.92 Å². The van der Waals surface area contributed by atoms with Crippen LogP contribution in [0.1, 0.15) is 18.2 Å². The van der Waals surface area contributed by atoms with E-state index in [-0.39, 0.29) is 11.7 Å². The Hall–Kier alpha value is -2.35. The van der Waals surface area contributed by atoms with Crippen molar-refractivity contribution in [3.05, 3.63) is 56.4 Å². The van der Waals surface area contributed by atoms with Crippen molar-refractivity contribution in [2.45, 2.75) is 31.2 Å². The number of aromatic nitrogens is 2. The fourth-order valence-electron chi connectivity index (χ4n) is 2.90. The van der Waals surface area contributed by atoms with Gasteiger partial charge in [-0.15, -0.1) is 0 Å². The van der Waals surface area contributed by atoms with E-state index < -0.39 is 26.2 Å². The van der Waals surface area contributed by atoms with Gasteiger partial charge in [0, 0.05) is 11.7 Å². The van der Waals surface area contributed by atoms with Crippen LogP contribution in [0.5, 0.6) is 0 Å². The molecule has 0 aliphatic carbocycles. The summed E-state index contributed by atoms with van der Waals surface area (Å²) in [5.41, 5.74) is -0.114. The lowest BCUT2D eigenvalue weighted by Gasteiger charge is -2.24. The number of hydrogen-bond acceptors (Lipinski definition) is 4. The number of anilines is 1. The molecule has 116 valence electrons. The summed E-state index contributed by atoms with van der Waals surface area (Å²) in [5.74, 6) is 0. The van der Waals surface area contributed by atoms with Crippen LogP contribution in [-0.4, -0.2) is 24.4 Å². The van der Waals surface area contributed by atoms with E-state index in [9.17, 15) is 18.0 Å². The molecule has 0 amide bonds. The van der Waals surface area contributed by atoms with Crippen LogP contribution >= 0.6 is 0 Å². The van der Waals surface area contributed by atoms with Gasteiger partial charge in [-0.3, -0.25) is 14.1 Å². The number of hydrogen-bond donors (Lipinski definition) is 2. The number of H-pyrrole nitrogens is 2. The number of sulfonamides is 1. The lowest BCUT2D eigenvalue weighted by atomic mass is 10.1. The average Bonchev–Trinajstić information content (AvgIpc) is 2.73. The van der Waals surface area contributed by atoms with E-state index in [0.717, 1.165) is 5.56 Å². The number of benzene rings is 1. The van der Waals surface area contributed by atoms with E-state index in [1.165, 1.54) is 11.2 Å². The van der Waals surface area contributed by atoms with E-state index in [1.807, 2.05) is 17.1 Å². The van der Waals surface area contributed by atoms with Crippen LogP contribution in [0.4, 0.5) is 5.69 Å². The first-order chi connectivity index (χ1) is 10.3. The Labute approximate surface area is 126 Å². The summed E-state index contributed by atoms with van der Waals surface area (Å²) < 4.78 is 27.1. The van der Waals surface area contributed by atoms with Crippen molar-refractivity contribution in [3.63, 3.8) is 0 Å². The molecular formula is C14H15N3O4S. The third-order valence-electron chi connectivity index (χ3n) is 3.74. The second kappa shape index (κ2) is 4.84. The van der Waals surface area contributed by atoms with Crippen molar-refractivity contribution in [1.29, 1.82) is 0 Å². The first-order valence-electron chi connectivity index (χ1n) is 6.78. The minimum atomic E-state index is -4.06. The molecule has 0 fully saturated rings. The second-order valence-electron chi connectivity index (χ2n) is 5.35. The molecule has 0 saturated heterocycles. The van der Waals surface area contributed by atoms with E-state index in [1.54, 1.807) is 19.1 Å². The van der Waals surface area contributed by atoms with Gasteiger partial charge in [-0.25, -0.2) is 13.2 Å². The standard InChI is InChI=1S/C14H15N3O4S/c1-8-7-10-5-3-4-6-11(10)17(8)22(20,21)12-9(2)15-14(19)16-13(12)18/h3-6,8H,7H2,1-2H3,(H2,15,16,18,19)/t8-/m0/s1. The molecule has 7 nitrogen and oxygen atoms in total. The van der Waals surface area contributed by atoms with Crippen LogP contribution in [0.15, 0.2) is 38.8 Å². The first-order valence-corrected chi connectivity index (χ1v) is 8.22. The van der Waals surface area contributed by atoms with Crippen molar-refractivity contribution in [3.8, 4) is 0 Å². The van der Waals surface area contributed by atoms with E-state index >= 15 is 0 Å². The number of fused-ring (bicyclic) bond motifs is 1. The number of aromatic amines is 2. The summed E-state index contributed by atoms with van der Waals surface area (Å²) in [6.45, 7) is 3.18. The molecule has 1 aliphatic heterocycles. The number of para-hydroxylation sites is 1. The Morgan fingerprint density at radius 2 is 1.86 bits per heavy atom. The molecule has 1 atom stereocenters. The quantitative estimate of drug-likeness (QED) is 0.841. The van der Waals surface area contributed by atoms with Gasteiger partial charge in [-0.1, -0.05) is 18.2 Å². The van der Waals surface area contributed by atoms with Crippen molar-refractivity contribution in [2.75, 3.05) is 4.31 Å². The zero-order chi connectivity index (χ0) is 16.1. The minimum absolute atomic E-state index is 0.0327. The highest BCUT2D eigenvalue weighted by molar-refractivity contribution is 7.93. The fraction of sp³-hybridized carbons (Fsp3) is 0.286. The van der Waals surface area contributed by atoms with Gasteiger partial charge in [-0.05, 0) is 31.9 Å². The predicted octanol–water partition coefficient (Wildman–Crippen LogP) is 0.512. The molecule has 1 aliphatic rings. The van der Waals surface area contributed by atoms with Crippen LogP contribution in [0.25, 0.3) is 0 Å². The maximum Gasteiger partial charge on any atom is 0.325 e. The van der Waals surface area contributed by atoms with Gasteiger partial charge >= 0.3 is 5.69 Å². The van der Waals surface area contributed by atoms with Gasteiger partial charge in [0.15, 0.2) is 4.90 Å². The number of aryl methyl sites for hydroxylation is 1. The van der Waals surface area contributed by atoms with Gasteiger partial charge in [0.05, 0.1) is 5.69 Å². The summed E-state index contributed by atoms with van der Waals surface area (Å²) in [5, 5.41) is 0. The molecule has 0 radical (unpaired) electrons. The molecule has 0 bridgehead atoms. The molecule has 2 heterocycles. The Balaban J connectivity index is 2.24. The van der Waals surface area contributed by atoms with Gasteiger partial charge in [-0.2, -0.15) is 0 Å². The van der Waals surface area contributed by atoms with E-state index in [4.69, 9.17) is 0 Å². The average molecular weight is 321 g/mol. The highest BCUT2D eigenvalue weighted by atomic mass is 32.2. The molecule has 3 rings (SSSR count). The van der Waals surface area contributed by atoms with Crippen LogP contribution in [-0.2, 0) is 16.4 Å². The third kappa shape index (κ3) is 2.07. The van der Waals surface area contributed by atoms with Gasteiger partial charge in [0.25, 0.3) is 15.6 Å². The summed E-state index contributed by atoms with van der Waals surface area (Å²) >= 11 is 0. The highest BCUT2D eigenvalue weighted by Crippen LogP contribution is 2.35. The summed E-state index contributed by atoms with van der Waals surface area (Å²) in [6.07, 6.45) is 0.579. The van der Waals surface area contributed by atoms with E-state index in [2.05, 4.69) is 4.98 Å². The number of nitrogens with one attached hydrogen (secondary N) is 2. The van der Waals surface area contributed by atoms with Crippen molar-refractivity contribution in [2.24, 2.45) is 0 Å². The van der Waals surface area contributed by atoms with E-state index in [0.29, 0.717) is 12.1 Å². The minimum Gasteiger partial charge on any atom is -0.310 e. The fourth-order valence-corrected chi connectivity index (χ4v) is 4.81. The maximum absolute atomic E-state index is 12.9. The maximum atomic E-state index is 12.9. The largest absolute Gasteiger partial charge is 0.325 e. The van der Waals surface area contributed by atoms with Gasteiger partial charge in [0.1, 0.15) is 0 Å². The first kappa shape index (κ1) is 14.6. The molecule has 0 saturated carbocycles. The third-order valence-corrected chi connectivity index (χ3v) is 5.82. The normalized spacial score (nSPS) is 17.5. The smallest absolute Gasteiger partial charge is 0.310 e. The molecular weight excluding hydrogens is 306 g/mol. The van der Waals surface area contributed by atoms with Crippen LogP contribution in [0.2, 0.25) is 0 Å². The van der Waals surface area contributed by atoms with Crippen molar-refractivity contribution >= 4 is 15.7 Å². The lowest BCUT2D eigenvalue weighted by molar-refractivity contribution is 0.581. The monoisotopic (exact) mass is 321 g/mol. The number of nitrogens with zero attached hydrogens (tertiary/aromatic N) is 1. The molecule has 22 heavy (non-hydrogen) atoms. The molecule has 8 heteroatoms. The predicted molar refractivity (Wildman–Crippen MR) is 81.7 cm³/mol.